The molecule has 3 heterocycles. The van der Waals surface area contributed by atoms with Crippen molar-refractivity contribution in [2.75, 3.05) is 31.1 Å². The van der Waals surface area contributed by atoms with E-state index in [1.54, 1.807) is 23.2 Å². The molecule has 7 nitrogen and oxygen atoms in total. The van der Waals surface area contributed by atoms with Gasteiger partial charge >= 0.3 is 6.03 Å². The van der Waals surface area contributed by atoms with Crippen LogP contribution in [0.5, 0.6) is 5.88 Å². The number of ether oxygens (including phenoxy) is 1. The second-order valence-electron chi connectivity index (χ2n) is 9.53. The number of nitrogens with zero attached hydrogens (tertiary/aromatic N) is 4. The highest BCUT2D eigenvalue weighted by molar-refractivity contribution is 6.34. The number of carbonyl (C=O) groups is 1. The van der Waals surface area contributed by atoms with Crippen LogP contribution in [0, 0.1) is 12.8 Å². The molecule has 0 radical (unpaired) electrons. The summed E-state index contributed by atoms with van der Waals surface area (Å²) in [4.78, 5) is 22.9. The lowest BCUT2D eigenvalue weighted by molar-refractivity contribution is 0.0944. The van der Waals surface area contributed by atoms with Gasteiger partial charge < -0.3 is 19.6 Å². The molecule has 8 heteroatoms. The van der Waals surface area contributed by atoms with Gasteiger partial charge in [0.2, 0.25) is 5.88 Å². The Morgan fingerprint density at radius 3 is 2.61 bits per heavy atom. The maximum Gasteiger partial charge on any atom is 0.327 e. The number of halogens is 1. The maximum absolute atomic E-state index is 13.0. The van der Waals surface area contributed by atoms with Crippen molar-refractivity contribution in [2.24, 2.45) is 5.92 Å². The number of benzene rings is 1. The number of aryl methyl sites for hydroxylation is 1. The third kappa shape index (κ3) is 5.26. The summed E-state index contributed by atoms with van der Waals surface area (Å²) in [6.07, 6.45) is 5.87. The molecule has 1 aliphatic carbocycles. The number of hydrogen-bond donors (Lipinski definition) is 1. The van der Waals surface area contributed by atoms with Gasteiger partial charge in [-0.2, -0.15) is 0 Å². The normalized spacial score (nSPS) is 22.3. The number of β-amino-alcohol motifs (C(OH)–C–C–N with tert-alkyl or cyclic N) is 1. The molecular formula is C25H31ClN4O3. The second-order valence-corrected chi connectivity index (χ2v) is 9.94. The lowest BCUT2D eigenvalue weighted by Gasteiger charge is -2.31. The molecule has 33 heavy (non-hydrogen) atoms. The zero-order valence-corrected chi connectivity index (χ0v) is 19.7. The summed E-state index contributed by atoms with van der Waals surface area (Å²) in [6.45, 7) is 5.95. The molecule has 176 valence electrons. The molecular weight excluding hydrogens is 440 g/mol. The van der Waals surface area contributed by atoms with Crippen molar-refractivity contribution in [2.45, 2.75) is 51.5 Å². The summed E-state index contributed by atoms with van der Waals surface area (Å²) < 4.78 is 6.10. The van der Waals surface area contributed by atoms with Crippen LogP contribution in [0.4, 0.5) is 10.5 Å². The Morgan fingerprint density at radius 2 is 1.94 bits per heavy atom. The average Bonchev–Trinajstić information content (AvgIpc) is 3.57. The lowest BCUT2D eigenvalue weighted by atomic mass is 10.1. The lowest BCUT2D eigenvalue weighted by Crippen LogP contribution is -2.39. The van der Waals surface area contributed by atoms with Gasteiger partial charge in [-0.05, 0) is 61.8 Å². The summed E-state index contributed by atoms with van der Waals surface area (Å²) in [7, 11) is 0. The Labute approximate surface area is 199 Å². The number of urea groups is 1. The maximum atomic E-state index is 13.0. The van der Waals surface area contributed by atoms with Crippen LogP contribution in [0.25, 0.3) is 0 Å². The van der Waals surface area contributed by atoms with Gasteiger partial charge in [-0.25, -0.2) is 9.78 Å². The minimum atomic E-state index is -0.945. The molecule has 1 atom stereocenters. The molecule has 1 N–H and O–H groups in total. The Hall–Kier alpha value is -2.35. The molecule has 0 bridgehead atoms. The standard InChI is InChI=1S/C25H31ClN4O3/c1-17-2-6-22(21(26)12-17)30-24(31)16-29(25(30)32)15-19-5-7-23(27-13-19)33-20-8-10-28(11-9-20)14-18-3-4-18/h2,5-7,12-13,18,20,24,31H,3-4,8-11,14-16H2,1H3. The predicted molar refractivity (Wildman–Crippen MR) is 128 cm³/mol. The zero-order valence-electron chi connectivity index (χ0n) is 19.0. The molecule has 2 amide bonds. The van der Waals surface area contributed by atoms with Crippen molar-refractivity contribution >= 4 is 23.3 Å². The van der Waals surface area contributed by atoms with Gasteiger partial charge in [0.25, 0.3) is 0 Å². The quantitative estimate of drug-likeness (QED) is 0.661. The molecule has 2 aromatic rings. The van der Waals surface area contributed by atoms with Crippen molar-refractivity contribution < 1.29 is 14.6 Å². The molecule has 1 aromatic heterocycles. The predicted octanol–water partition coefficient (Wildman–Crippen LogP) is 4.06. The zero-order chi connectivity index (χ0) is 22.9. The van der Waals surface area contributed by atoms with Gasteiger partial charge in [0.1, 0.15) is 6.10 Å². The number of piperidine rings is 1. The number of hydrogen-bond acceptors (Lipinski definition) is 5. The highest BCUT2D eigenvalue weighted by atomic mass is 35.5. The molecule has 0 spiro atoms. The van der Waals surface area contributed by atoms with Crippen LogP contribution in [-0.2, 0) is 6.54 Å². The van der Waals surface area contributed by atoms with Gasteiger partial charge in [0.15, 0.2) is 6.23 Å². The molecule has 1 saturated carbocycles. The summed E-state index contributed by atoms with van der Waals surface area (Å²) >= 11 is 6.33. The first-order valence-corrected chi connectivity index (χ1v) is 12.2. The second kappa shape index (κ2) is 9.49. The van der Waals surface area contributed by atoms with Crippen molar-refractivity contribution in [1.82, 2.24) is 14.8 Å². The monoisotopic (exact) mass is 470 g/mol. The number of aliphatic hydroxyl groups excluding tert-OH is 1. The van der Waals surface area contributed by atoms with E-state index >= 15 is 0 Å². The Morgan fingerprint density at radius 1 is 1.15 bits per heavy atom. The summed E-state index contributed by atoms with van der Waals surface area (Å²) in [5, 5.41) is 11.0. The minimum absolute atomic E-state index is 0.209. The fraction of sp³-hybridized carbons (Fsp3) is 0.520. The molecule has 1 aromatic carbocycles. The first-order chi connectivity index (χ1) is 16.0. The number of carbonyl (C=O) groups excluding carboxylic acids is 1. The highest BCUT2D eigenvalue weighted by Gasteiger charge is 2.38. The number of likely N-dealkylation sites (tertiary alicyclic amines) is 1. The number of anilines is 1. The number of amides is 2. The van der Waals surface area contributed by atoms with Gasteiger partial charge in [-0.1, -0.05) is 23.7 Å². The van der Waals surface area contributed by atoms with E-state index in [9.17, 15) is 9.90 Å². The van der Waals surface area contributed by atoms with E-state index < -0.39 is 6.23 Å². The van der Waals surface area contributed by atoms with E-state index in [1.807, 2.05) is 25.1 Å². The fourth-order valence-electron chi connectivity index (χ4n) is 4.68. The third-order valence-corrected chi connectivity index (χ3v) is 7.03. The van der Waals surface area contributed by atoms with E-state index in [1.165, 1.54) is 24.3 Å². The Bertz CT molecular complexity index is 990. The van der Waals surface area contributed by atoms with Crippen molar-refractivity contribution in [3.8, 4) is 5.88 Å². The van der Waals surface area contributed by atoms with Crippen LogP contribution in [0.1, 0.15) is 36.8 Å². The van der Waals surface area contributed by atoms with E-state index in [4.69, 9.17) is 16.3 Å². The fourth-order valence-corrected chi connectivity index (χ4v) is 5.01. The van der Waals surface area contributed by atoms with E-state index in [2.05, 4.69) is 9.88 Å². The highest BCUT2D eigenvalue weighted by Crippen LogP contribution is 2.33. The van der Waals surface area contributed by atoms with Gasteiger partial charge in [-0.3, -0.25) is 4.90 Å². The van der Waals surface area contributed by atoms with Crippen LogP contribution in [0.3, 0.4) is 0 Å². The average molecular weight is 471 g/mol. The van der Waals surface area contributed by atoms with E-state index in [-0.39, 0.29) is 18.7 Å². The van der Waals surface area contributed by atoms with Crippen LogP contribution < -0.4 is 9.64 Å². The van der Waals surface area contributed by atoms with Crippen molar-refractivity contribution in [3.05, 3.63) is 52.7 Å². The minimum Gasteiger partial charge on any atom is -0.474 e. The van der Waals surface area contributed by atoms with Gasteiger partial charge in [-0.15, -0.1) is 0 Å². The first-order valence-electron chi connectivity index (χ1n) is 11.8. The van der Waals surface area contributed by atoms with Gasteiger partial charge in [0.05, 0.1) is 17.3 Å². The SMILES string of the molecule is Cc1ccc(N2C(=O)N(Cc3ccc(OC4CCN(CC5CC5)CC4)nc3)CC2O)c(Cl)c1. The number of pyridine rings is 1. The Kier molecular flexibility index (Phi) is 6.45. The summed E-state index contributed by atoms with van der Waals surface area (Å²) in [5.41, 5.74) is 2.41. The Balaban J connectivity index is 1.15. The molecule has 5 rings (SSSR count). The van der Waals surface area contributed by atoms with E-state index in [0.29, 0.717) is 23.1 Å². The molecule has 3 aliphatic rings. The van der Waals surface area contributed by atoms with Crippen molar-refractivity contribution in [3.63, 3.8) is 0 Å². The summed E-state index contributed by atoms with van der Waals surface area (Å²) in [6, 6.07) is 8.98. The van der Waals surface area contributed by atoms with Crippen LogP contribution in [-0.4, -0.2) is 64.4 Å². The van der Waals surface area contributed by atoms with Crippen LogP contribution >= 0.6 is 11.6 Å². The van der Waals surface area contributed by atoms with Crippen molar-refractivity contribution in [1.29, 1.82) is 0 Å². The van der Waals surface area contributed by atoms with Crippen LogP contribution in [0.2, 0.25) is 5.02 Å². The molecule has 2 saturated heterocycles. The van der Waals surface area contributed by atoms with E-state index in [0.717, 1.165) is 43.0 Å². The third-order valence-electron chi connectivity index (χ3n) is 6.73. The smallest absolute Gasteiger partial charge is 0.327 e. The molecule has 3 fully saturated rings. The number of aromatic nitrogens is 1. The van der Waals surface area contributed by atoms with Gasteiger partial charge in [0, 0.05) is 38.4 Å². The van der Waals surface area contributed by atoms with Crippen LogP contribution in [0.15, 0.2) is 36.5 Å². The molecule has 1 unspecified atom stereocenters. The number of rotatable bonds is 7. The largest absolute Gasteiger partial charge is 0.474 e. The topological polar surface area (TPSA) is 69.1 Å². The number of aliphatic hydroxyl groups is 1. The first kappa shape index (κ1) is 22.4. The summed E-state index contributed by atoms with van der Waals surface area (Å²) in [5.74, 6) is 1.56. The molecule has 2 aliphatic heterocycles.